The van der Waals surface area contributed by atoms with Gasteiger partial charge in [0.25, 0.3) is 5.56 Å². The van der Waals surface area contributed by atoms with Gasteiger partial charge < -0.3 is 10.1 Å². The summed E-state index contributed by atoms with van der Waals surface area (Å²) in [5.41, 5.74) is -0.0258. The maximum Gasteiger partial charge on any atom is 0.342 e. The zero-order valence-corrected chi connectivity index (χ0v) is 11.7. The first kappa shape index (κ1) is 14.1. The Kier molecular flexibility index (Phi) is 3.54. The molecule has 0 unspecified atom stereocenters. The molecule has 6 nitrogen and oxygen atoms in total. The van der Waals surface area contributed by atoms with Crippen LogP contribution in [0.25, 0.3) is 5.69 Å². The molecule has 2 aromatic rings. The second kappa shape index (κ2) is 5.01. The van der Waals surface area contributed by atoms with Crippen molar-refractivity contribution in [2.45, 2.75) is 18.7 Å². The van der Waals surface area contributed by atoms with E-state index in [1.165, 1.54) is 0 Å². The SMILES string of the molecule is Cc1cc(S)c(-n2c(=O)[nH]cc(C(=O)O)c2=O)cc1C. The highest BCUT2D eigenvalue weighted by molar-refractivity contribution is 7.80. The van der Waals surface area contributed by atoms with E-state index in [9.17, 15) is 14.4 Å². The van der Waals surface area contributed by atoms with Crippen LogP contribution in [-0.2, 0) is 0 Å². The minimum atomic E-state index is -1.40. The van der Waals surface area contributed by atoms with Gasteiger partial charge in [-0.3, -0.25) is 4.79 Å². The maximum atomic E-state index is 12.1. The topological polar surface area (TPSA) is 92.2 Å². The molecule has 0 bridgehead atoms. The fraction of sp³-hybridized carbons (Fsp3) is 0.154. The molecule has 0 saturated carbocycles. The molecule has 2 rings (SSSR count). The second-order valence-electron chi connectivity index (χ2n) is 4.38. The van der Waals surface area contributed by atoms with Gasteiger partial charge in [-0.2, -0.15) is 0 Å². The Labute approximate surface area is 119 Å². The Morgan fingerprint density at radius 3 is 2.45 bits per heavy atom. The van der Waals surface area contributed by atoms with E-state index >= 15 is 0 Å². The summed E-state index contributed by atoms with van der Waals surface area (Å²) in [5, 5.41) is 8.94. The molecule has 2 N–H and O–H groups in total. The van der Waals surface area contributed by atoms with Crippen LogP contribution in [0.1, 0.15) is 21.5 Å². The third kappa shape index (κ3) is 2.27. The molecule has 1 aromatic carbocycles. The summed E-state index contributed by atoms with van der Waals surface area (Å²) in [6.45, 7) is 3.70. The maximum absolute atomic E-state index is 12.1. The van der Waals surface area contributed by atoms with Crippen LogP contribution < -0.4 is 11.2 Å². The predicted octanol–water partition coefficient (Wildman–Crippen LogP) is 1.13. The van der Waals surface area contributed by atoms with E-state index in [-0.39, 0.29) is 5.69 Å². The fourth-order valence-corrected chi connectivity index (χ4v) is 2.17. The summed E-state index contributed by atoms with van der Waals surface area (Å²) in [6.07, 6.45) is 0.892. The molecule has 0 atom stereocenters. The average molecular weight is 292 g/mol. The zero-order chi connectivity index (χ0) is 15.0. The lowest BCUT2D eigenvalue weighted by molar-refractivity contribution is 0.0694. The zero-order valence-electron chi connectivity index (χ0n) is 10.8. The Hall–Kier alpha value is -2.28. The third-order valence-electron chi connectivity index (χ3n) is 3.04. The summed E-state index contributed by atoms with van der Waals surface area (Å²) in [6, 6.07) is 3.34. The van der Waals surface area contributed by atoms with Crippen molar-refractivity contribution < 1.29 is 9.90 Å². The number of thiol groups is 1. The third-order valence-corrected chi connectivity index (χ3v) is 3.40. The summed E-state index contributed by atoms with van der Waals surface area (Å²) >= 11 is 4.25. The number of hydrogen-bond donors (Lipinski definition) is 3. The highest BCUT2D eigenvalue weighted by Gasteiger charge is 2.16. The Balaban J connectivity index is 2.87. The molecule has 20 heavy (non-hydrogen) atoms. The van der Waals surface area contributed by atoms with Gasteiger partial charge in [-0.25, -0.2) is 14.2 Å². The quantitative estimate of drug-likeness (QED) is 0.723. The van der Waals surface area contributed by atoms with E-state index in [1.807, 2.05) is 13.8 Å². The molecule has 0 aliphatic rings. The van der Waals surface area contributed by atoms with Crippen molar-refractivity contribution in [3.05, 3.63) is 55.9 Å². The predicted molar refractivity (Wildman–Crippen MR) is 76.3 cm³/mol. The Morgan fingerprint density at radius 1 is 1.25 bits per heavy atom. The largest absolute Gasteiger partial charge is 0.477 e. The van der Waals surface area contributed by atoms with Crippen molar-refractivity contribution in [3.8, 4) is 5.69 Å². The Bertz CT molecular complexity index is 820. The van der Waals surface area contributed by atoms with Crippen molar-refractivity contribution in [2.75, 3.05) is 0 Å². The monoisotopic (exact) mass is 292 g/mol. The lowest BCUT2D eigenvalue weighted by Gasteiger charge is -2.11. The van der Waals surface area contributed by atoms with Crippen LogP contribution in [0.3, 0.4) is 0 Å². The van der Waals surface area contributed by atoms with Crippen LogP contribution in [0, 0.1) is 13.8 Å². The number of H-pyrrole nitrogens is 1. The number of carboxylic acid groups (broad SMARTS) is 1. The molecule has 0 spiro atoms. The second-order valence-corrected chi connectivity index (χ2v) is 4.86. The molecule has 0 fully saturated rings. The van der Waals surface area contributed by atoms with E-state index in [2.05, 4.69) is 17.6 Å². The summed E-state index contributed by atoms with van der Waals surface area (Å²) in [7, 11) is 0. The lowest BCUT2D eigenvalue weighted by Crippen LogP contribution is -2.37. The molecular formula is C13H12N2O4S. The highest BCUT2D eigenvalue weighted by Crippen LogP contribution is 2.21. The summed E-state index contributed by atoms with van der Waals surface area (Å²) < 4.78 is 0.776. The van der Waals surface area contributed by atoms with E-state index in [4.69, 9.17) is 5.11 Å². The van der Waals surface area contributed by atoms with Gasteiger partial charge in [-0.15, -0.1) is 12.6 Å². The standard InChI is InChI=1S/C13H12N2O4S/c1-6-3-9(10(20)4-7(6)2)15-11(16)8(12(17)18)5-14-13(15)19/h3-5,20H,1-2H3,(H,14,19)(H,17,18). The van der Waals surface area contributed by atoms with E-state index in [0.717, 1.165) is 21.9 Å². The molecule has 0 aliphatic heterocycles. The summed E-state index contributed by atoms with van der Waals surface area (Å²) in [5.74, 6) is -1.40. The molecule has 1 heterocycles. The molecule has 0 amide bonds. The molecule has 0 radical (unpaired) electrons. The number of aryl methyl sites for hydroxylation is 2. The molecule has 1 aromatic heterocycles. The van der Waals surface area contributed by atoms with Gasteiger partial charge in [0, 0.05) is 11.1 Å². The molecule has 7 heteroatoms. The smallest absolute Gasteiger partial charge is 0.342 e. The first-order valence-electron chi connectivity index (χ1n) is 5.71. The first-order valence-corrected chi connectivity index (χ1v) is 6.16. The van der Waals surface area contributed by atoms with Gasteiger partial charge in [-0.1, -0.05) is 0 Å². The number of nitrogens with zero attached hydrogens (tertiary/aromatic N) is 1. The minimum absolute atomic E-state index is 0.255. The highest BCUT2D eigenvalue weighted by atomic mass is 32.1. The number of carbonyl (C=O) groups is 1. The number of aromatic carboxylic acids is 1. The number of rotatable bonds is 2. The van der Waals surface area contributed by atoms with Gasteiger partial charge in [0.15, 0.2) is 0 Å². The van der Waals surface area contributed by atoms with Gasteiger partial charge in [0.1, 0.15) is 5.56 Å². The van der Waals surface area contributed by atoms with Crippen molar-refractivity contribution in [1.82, 2.24) is 9.55 Å². The van der Waals surface area contributed by atoms with Gasteiger partial charge >= 0.3 is 11.7 Å². The molecule has 0 aliphatic carbocycles. The van der Waals surface area contributed by atoms with Crippen molar-refractivity contribution >= 4 is 18.6 Å². The van der Waals surface area contributed by atoms with Gasteiger partial charge in [-0.05, 0) is 37.1 Å². The van der Waals surface area contributed by atoms with E-state index in [0.29, 0.717) is 4.90 Å². The number of hydrogen-bond acceptors (Lipinski definition) is 4. The van der Waals surface area contributed by atoms with Crippen LogP contribution in [0.15, 0.2) is 32.8 Å². The molecular weight excluding hydrogens is 280 g/mol. The molecule has 0 saturated heterocycles. The van der Waals surface area contributed by atoms with Crippen LogP contribution >= 0.6 is 12.6 Å². The number of aromatic nitrogens is 2. The number of nitrogens with one attached hydrogen (secondary N) is 1. The molecule has 104 valence electrons. The van der Waals surface area contributed by atoms with Gasteiger partial charge in [0.05, 0.1) is 5.69 Å². The number of carboxylic acids is 1. The fourth-order valence-electron chi connectivity index (χ4n) is 1.81. The Morgan fingerprint density at radius 2 is 1.85 bits per heavy atom. The van der Waals surface area contributed by atoms with Crippen LogP contribution in [-0.4, -0.2) is 20.6 Å². The van der Waals surface area contributed by atoms with Crippen LogP contribution in [0.2, 0.25) is 0 Å². The van der Waals surface area contributed by atoms with Crippen molar-refractivity contribution in [2.24, 2.45) is 0 Å². The normalized spacial score (nSPS) is 10.6. The first-order chi connectivity index (χ1) is 9.32. The summed E-state index contributed by atoms with van der Waals surface area (Å²) in [4.78, 5) is 37.6. The van der Waals surface area contributed by atoms with E-state index < -0.39 is 22.8 Å². The number of benzene rings is 1. The van der Waals surface area contributed by atoms with Crippen LogP contribution in [0.4, 0.5) is 0 Å². The van der Waals surface area contributed by atoms with E-state index in [1.54, 1.807) is 12.1 Å². The lowest BCUT2D eigenvalue weighted by atomic mass is 10.1. The minimum Gasteiger partial charge on any atom is -0.477 e. The van der Waals surface area contributed by atoms with Crippen LogP contribution in [0.5, 0.6) is 0 Å². The number of aromatic amines is 1. The average Bonchev–Trinajstić information content (AvgIpc) is 2.35. The van der Waals surface area contributed by atoms with Crippen molar-refractivity contribution in [1.29, 1.82) is 0 Å². The van der Waals surface area contributed by atoms with Crippen molar-refractivity contribution in [3.63, 3.8) is 0 Å². The van der Waals surface area contributed by atoms with Gasteiger partial charge in [0.2, 0.25) is 0 Å².